The van der Waals surface area contributed by atoms with Crippen LogP contribution in [0.25, 0.3) is 0 Å². The Balaban J connectivity index is 1.87. The van der Waals surface area contributed by atoms with Crippen molar-refractivity contribution >= 4 is 17.9 Å². The van der Waals surface area contributed by atoms with Crippen molar-refractivity contribution in [3.8, 4) is 0 Å². The number of hydrogen-bond acceptors (Lipinski definition) is 6. The van der Waals surface area contributed by atoms with E-state index in [-0.39, 0.29) is 81.1 Å². The van der Waals surface area contributed by atoms with Gasteiger partial charge in [0.25, 0.3) is 0 Å². The molecule has 0 aromatic carbocycles. The summed E-state index contributed by atoms with van der Waals surface area (Å²) in [5.41, 5.74) is -1.71. The van der Waals surface area contributed by atoms with Gasteiger partial charge in [0.05, 0.1) is 24.4 Å². The molecule has 37 heavy (non-hydrogen) atoms. The molecule has 3 rings (SSSR count). The summed E-state index contributed by atoms with van der Waals surface area (Å²) in [5, 5.41) is 9.99. The van der Waals surface area contributed by atoms with E-state index < -0.39 is 35.5 Å². The van der Waals surface area contributed by atoms with Crippen molar-refractivity contribution < 1.29 is 37.4 Å². The number of carboxylic acid groups (broad SMARTS) is 1. The Bertz CT molecular complexity index is 1040. The fourth-order valence-corrected chi connectivity index (χ4v) is 4.85. The van der Waals surface area contributed by atoms with Gasteiger partial charge in [-0.3, -0.25) is 14.5 Å². The molecule has 0 saturated carbocycles. The fourth-order valence-electron chi connectivity index (χ4n) is 4.85. The van der Waals surface area contributed by atoms with Crippen molar-refractivity contribution in [2.24, 2.45) is 0 Å². The predicted octanol–water partition coefficient (Wildman–Crippen LogP) is 2.73. The summed E-state index contributed by atoms with van der Waals surface area (Å²) in [6.45, 7) is 8.55. The zero-order chi connectivity index (χ0) is 27.7. The van der Waals surface area contributed by atoms with Crippen LogP contribution in [0, 0.1) is 0 Å². The van der Waals surface area contributed by atoms with Crippen LogP contribution in [0.15, 0.2) is 0 Å². The standard InChI is InChI=1S/C24H34F3N5O5/c1-6-18-28-17-12-30(8-7-16(17)21(29-18)24(25,26)27)19(33)9-15(32(22(35)36)23(3,4)5)11-31-10-14(2)37-13-20(31)34/h14-15H,6-13H2,1-5H3,(H,35,36)/t14-,15?/m0/s1. The van der Waals surface area contributed by atoms with Gasteiger partial charge in [-0.1, -0.05) is 6.92 Å². The molecule has 3 heterocycles. The van der Waals surface area contributed by atoms with Gasteiger partial charge in [0.2, 0.25) is 11.8 Å². The van der Waals surface area contributed by atoms with Crippen LogP contribution < -0.4 is 0 Å². The first-order valence-corrected chi connectivity index (χ1v) is 12.3. The van der Waals surface area contributed by atoms with Gasteiger partial charge in [0, 0.05) is 43.6 Å². The Morgan fingerprint density at radius 1 is 1.24 bits per heavy atom. The van der Waals surface area contributed by atoms with E-state index in [1.165, 1.54) is 9.80 Å². The molecule has 1 N–H and O–H groups in total. The van der Waals surface area contributed by atoms with E-state index in [2.05, 4.69) is 9.97 Å². The Kier molecular flexibility index (Phi) is 8.35. The minimum atomic E-state index is -4.63. The average molecular weight is 530 g/mol. The van der Waals surface area contributed by atoms with Gasteiger partial charge >= 0.3 is 12.3 Å². The normalized spacial score (nSPS) is 19.5. The molecule has 2 atom stereocenters. The first-order chi connectivity index (χ1) is 17.1. The zero-order valence-electron chi connectivity index (χ0n) is 21.8. The summed E-state index contributed by atoms with van der Waals surface area (Å²) in [7, 11) is 0. The Morgan fingerprint density at radius 2 is 1.92 bits per heavy atom. The van der Waals surface area contributed by atoms with E-state index in [9.17, 15) is 32.7 Å². The molecule has 1 fully saturated rings. The molecule has 0 spiro atoms. The Labute approximate surface area is 213 Å². The Morgan fingerprint density at radius 3 is 2.49 bits per heavy atom. The second kappa shape index (κ2) is 10.8. The lowest BCUT2D eigenvalue weighted by atomic mass is 9.98. The highest BCUT2D eigenvalue weighted by Crippen LogP contribution is 2.34. The molecule has 1 aromatic rings. The number of halogens is 3. The monoisotopic (exact) mass is 529 g/mol. The summed E-state index contributed by atoms with van der Waals surface area (Å²) < 4.78 is 46.2. The molecule has 13 heteroatoms. The minimum Gasteiger partial charge on any atom is -0.465 e. The van der Waals surface area contributed by atoms with Crippen molar-refractivity contribution in [2.45, 2.75) is 84.3 Å². The predicted molar refractivity (Wildman–Crippen MR) is 126 cm³/mol. The summed E-state index contributed by atoms with van der Waals surface area (Å²) in [5.74, 6) is -0.682. The largest absolute Gasteiger partial charge is 0.465 e. The van der Waals surface area contributed by atoms with Crippen molar-refractivity contribution in [2.75, 3.05) is 26.2 Å². The van der Waals surface area contributed by atoms with Gasteiger partial charge in [-0.25, -0.2) is 14.8 Å². The smallest absolute Gasteiger partial charge is 0.433 e. The molecule has 10 nitrogen and oxygen atoms in total. The molecule has 2 aliphatic rings. The topological polar surface area (TPSA) is 116 Å². The molecule has 1 aromatic heterocycles. The number of rotatable bonds is 6. The molecule has 0 radical (unpaired) electrons. The summed E-state index contributed by atoms with van der Waals surface area (Å²) in [6.07, 6.45) is -6.21. The van der Waals surface area contributed by atoms with Crippen LogP contribution in [0.4, 0.5) is 18.0 Å². The third-order valence-electron chi connectivity index (χ3n) is 6.51. The number of fused-ring (bicyclic) bond motifs is 1. The van der Waals surface area contributed by atoms with Crippen molar-refractivity contribution in [3.63, 3.8) is 0 Å². The first-order valence-electron chi connectivity index (χ1n) is 12.3. The van der Waals surface area contributed by atoms with Crippen molar-refractivity contribution in [1.82, 2.24) is 24.7 Å². The number of amides is 3. The summed E-state index contributed by atoms with van der Waals surface area (Å²) in [6, 6.07) is -0.872. The van der Waals surface area contributed by atoms with E-state index in [0.717, 1.165) is 4.90 Å². The number of ether oxygens (including phenoxy) is 1. The van der Waals surface area contributed by atoms with Gasteiger partial charge in [0.15, 0.2) is 5.69 Å². The molecule has 1 unspecified atom stereocenters. The molecule has 2 aliphatic heterocycles. The van der Waals surface area contributed by atoms with Crippen molar-refractivity contribution in [1.29, 1.82) is 0 Å². The number of morpholine rings is 1. The highest BCUT2D eigenvalue weighted by atomic mass is 19.4. The number of carbonyl (C=O) groups is 3. The van der Waals surface area contributed by atoms with Crippen LogP contribution in [0.3, 0.4) is 0 Å². The molecule has 1 saturated heterocycles. The zero-order valence-corrected chi connectivity index (χ0v) is 21.8. The van der Waals surface area contributed by atoms with Crippen LogP contribution in [-0.2, 0) is 39.9 Å². The van der Waals surface area contributed by atoms with Gasteiger partial charge in [-0.05, 0) is 34.1 Å². The quantitative estimate of drug-likeness (QED) is 0.602. The second-order valence-corrected chi connectivity index (χ2v) is 10.4. The van der Waals surface area contributed by atoms with Crippen LogP contribution in [0.1, 0.15) is 63.8 Å². The Hall–Kier alpha value is -2.96. The minimum absolute atomic E-state index is 0.00730. The van der Waals surface area contributed by atoms with E-state index in [1.54, 1.807) is 34.6 Å². The van der Waals surface area contributed by atoms with Gasteiger partial charge in [0.1, 0.15) is 12.4 Å². The van der Waals surface area contributed by atoms with Crippen LogP contribution in [-0.4, -0.2) is 91.6 Å². The average Bonchev–Trinajstić information content (AvgIpc) is 2.78. The lowest BCUT2D eigenvalue weighted by molar-refractivity contribution is -0.150. The number of alkyl halides is 3. The molecule has 3 amide bonds. The van der Waals surface area contributed by atoms with Crippen molar-refractivity contribution in [3.05, 3.63) is 22.8 Å². The van der Waals surface area contributed by atoms with E-state index in [0.29, 0.717) is 0 Å². The first kappa shape index (κ1) is 28.6. The molecular formula is C24H34F3N5O5. The number of nitrogens with zero attached hydrogens (tertiary/aromatic N) is 5. The SMILES string of the molecule is CCc1nc2c(c(C(F)(F)F)n1)CCN(C(=O)CC(CN1C[C@H](C)OCC1=O)N(C(=O)O)C(C)(C)C)C2. The van der Waals surface area contributed by atoms with Crippen LogP contribution in [0.5, 0.6) is 0 Å². The lowest BCUT2D eigenvalue weighted by Gasteiger charge is -2.43. The number of aromatic nitrogens is 2. The second-order valence-electron chi connectivity index (χ2n) is 10.4. The fraction of sp³-hybridized carbons (Fsp3) is 0.708. The number of carbonyl (C=O) groups excluding carboxylic acids is 2. The molecule has 0 bridgehead atoms. The molecular weight excluding hydrogens is 495 g/mol. The van der Waals surface area contributed by atoms with Gasteiger partial charge in [-0.15, -0.1) is 0 Å². The summed E-state index contributed by atoms with van der Waals surface area (Å²) >= 11 is 0. The van der Waals surface area contributed by atoms with Gasteiger partial charge < -0.3 is 19.6 Å². The highest BCUT2D eigenvalue weighted by molar-refractivity contribution is 5.80. The van der Waals surface area contributed by atoms with E-state index in [4.69, 9.17) is 4.74 Å². The lowest BCUT2D eigenvalue weighted by Crippen LogP contribution is -2.58. The van der Waals surface area contributed by atoms with E-state index >= 15 is 0 Å². The number of hydrogen-bond donors (Lipinski definition) is 1. The summed E-state index contributed by atoms with van der Waals surface area (Å²) in [4.78, 5) is 50.1. The maximum Gasteiger partial charge on any atom is 0.433 e. The maximum atomic E-state index is 13.6. The maximum absolute atomic E-state index is 13.6. The highest BCUT2D eigenvalue weighted by Gasteiger charge is 2.41. The van der Waals surface area contributed by atoms with Gasteiger partial charge in [-0.2, -0.15) is 13.2 Å². The van der Waals surface area contributed by atoms with Crippen LogP contribution in [0.2, 0.25) is 0 Å². The third kappa shape index (κ3) is 6.68. The molecule has 206 valence electrons. The third-order valence-corrected chi connectivity index (χ3v) is 6.51. The molecule has 0 aliphatic carbocycles. The van der Waals surface area contributed by atoms with E-state index in [1.807, 2.05) is 0 Å². The number of aryl methyl sites for hydroxylation is 1. The van der Waals surface area contributed by atoms with Crippen LogP contribution >= 0.6 is 0 Å².